The lowest BCUT2D eigenvalue weighted by molar-refractivity contribution is -0.0390. The third-order valence-corrected chi connectivity index (χ3v) is 4.56. The summed E-state index contributed by atoms with van der Waals surface area (Å²) in [6, 6.07) is 1.09. The standard InChI is InChI=1S/C15H34N4/c1-8-18-9-16-15(17-13(6)11(2)3)19(10-18)14(7)12(4)5/h11-17H,8-10H2,1-7H3. The Morgan fingerprint density at radius 2 is 1.74 bits per heavy atom. The molecule has 1 aliphatic rings. The first kappa shape index (κ1) is 16.9. The lowest BCUT2D eigenvalue weighted by atomic mass is 10.0. The smallest absolute Gasteiger partial charge is 0.116 e. The van der Waals surface area contributed by atoms with E-state index in [1.165, 1.54) is 0 Å². The predicted octanol–water partition coefficient (Wildman–Crippen LogP) is 2.09. The van der Waals surface area contributed by atoms with Gasteiger partial charge in [-0.25, -0.2) is 0 Å². The molecule has 0 saturated carbocycles. The fraction of sp³-hybridized carbons (Fsp3) is 1.00. The summed E-state index contributed by atoms with van der Waals surface area (Å²) in [6.07, 6.45) is 0.289. The predicted molar refractivity (Wildman–Crippen MR) is 82.6 cm³/mol. The van der Waals surface area contributed by atoms with Crippen LogP contribution in [0.5, 0.6) is 0 Å². The highest BCUT2D eigenvalue weighted by Crippen LogP contribution is 2.16. The van der Waals surface area contributed by atoms with Crippen LogP contribution in [0.2, 0.25) is 0 Å². The van der Waals surface area contributed by atoms with Crippen molar-refractivity contribution in [2.75, 3.05) is 19.9 Å². The van der Waals surface area contributed by atoms with Crippen LogP contribution in [0.15, 0.2) is 0 Å². The average molecular weight is 270 g/mol. The molecule has 4 heteroatoms. The van der Waals surface area contributed by atoms with Crippen LogP contribution in [-0.2, 0) is 0 Å². The first-order valence-electron chi connectivity index (χ1n) is 7.84. The lowest BCUT2D eigenvalue weighted by Gasteiger charge is -2.47. The van der Waals surface area contributed by atoms with Gasteiger partial charge < -0.3 is 0 Å². The largest absolute Gasteiger partial charge is 0.287 e. The summed E-state index contributed by atoms with van der Waals surface area (Å²) in [4.78, 5) is 4.99. The van der Waals surface area contributed by atoms with Crippen LogP contribution < -0.4 is 10.6 Å². The van der Waals surface area contributed by atoms with E-state index >= 15 is 0 Å². The summed E-state index contributed by atoms with van der Waals surface area (Å²) in [5, 5.41) is 7.37. The van der Waals surface area contributed by atoms with Gasteiger partial charge in [0.1, 0.15) is 6.29 Å². The monoisotopic (exact) mass is 270 g/mol. The van der Waals surface area contributed by atoms with E-state index in [1.807, 2.05) is 0 Å². The highest BCUT2D eigenvalue weighted by molar-refractivity contribution is 4.82. The maximum absolute atomic E-state index is 3.74. The SMILES string of the molecule is CCN1CNC(NC(C)C(C)C)N(C(C)C(C)C)C1. The van der Waals surface area contributed by atoms with Gasteiger partial charge in [0.2, 0.25) is 0 Å². The first-order chi connectivity index (χ1) is 8.86. The number of hydrogen-bond acceptors (Lipinski definition) is 4. The molecule has 1 heterocycles. The quantitative estimate of drug-likeness (QED) is 0.774. The Labute approximate surface area is 119 Å². The molecule has 4 nitrogen and oxygen atoms in total. The van der Waals surface area contributed by atoms with Gasteiger partial charge in [-0.15, -0.1) is 0 Å². The minimum atomic E-state index is 0.289. The van der Waals surface area contributed by atoms with Crippen molar-refractivity contribution in [1.29, 1.82) is 0 Å². The third kappa shape index (κ3) is 4.71. The van der Waals surface area contributed by atoms with Crippen molar-refractivity contribution in [3.63, 3.8) is 0 Å². The molecule has 0 spiro atoms. The van der Waals surface area contributed by atoms with Gasteiger partial charge in [-0.1, -0.05) is 34.6 Å². The van der Waals surface area contributed by atoms with Crippen molar-refractivity contribution in [2.24, 2.45) is 11.8 Å². The molecule has 0 radical (unpaired) electrons. The molecule has 1 aliphatic heterocycles. The maximum atomic E-state index is 3.74. The second-order valence-corrected chi connectivity index (χ2v) is 6.59. The molecular weight excluding hydrogens is 236 g/mol. The molecule has 0 amide bonds. The highest BCUT2D eigenvalue weighted by atomic mass is 15.5. The van der Waals surface area contributed by atoms with E-state index in [2.05, 4.69) is 68.9 Å². The van der Waals surface area contributed by atoms with Gasteiger partial charge in [0.15, 0.2) is 0 Å². The highest BCUT2D eigenvalue weighted by Gasteiger charge is 2.31. The number of nitrogens with one attached hydrogen (secondary N) is 2. The molecule has 0 bridgehead atoms. The zero-order chi connectivity index (χ0) is 14.6. The van der Waals surface area contributed by atoms with Crippen LogP contribution in [-0.4, -0.2) is 48.1 Å². The van der Waals surface area contributed by atoms with Crippen LogP contribution >= 0.6 is 0 Å². The molecule has 3 unspecified atom stereocenters. The summed E-state index contributed by atoms with van der Waals surface area (Å²) >= 11 is 0. The molecule has 1 fully saturated rings. The van der Waals surface area contributed by atoms with E-state index in [4.69, 9.17) is 0 Å². The van der Waals surface area contributed by atoms with Gasteiger partial charge in [-0.05, 0) is 32.2 Å². The Morgan fingerprint density at radius 1 is 1.11 bits per heavy atom. The van der Waals surface area contributed by atoms with Crippen LogP contribution in [0.1, 0.15) is 48.5 Å². The van der Waals surface area contributed by atoms with E-state index < -0.39 is 0 Å². The summed E-state index contributed by atoms with van der Waals surface area (Å²) in [5.74, 6) is 1.32. The van der Waals surface area contributed by atoms with Crippen molar-refractivity contribution in [1.82, 2.24) is 20.4 Å². The molecule has 0 aromatic heterocycles. The van der Waals surface area contributed by atoms with Gasteiger partial charge in [-0.2, -0.15) is 0 Å². The molecule has 19 heavy (non-hydrogen) atoms. The molecule has 0 aromatic carbocycles. The van der Waals surface area contributed by atoms with Crippen molar-refractivity contribution < 1.29 is 0 Å². The Bertz CT molecular complexity index is 255. The van der Waals surface area contributed by atoms with Gasteiger partial charge >= 0.3 is 0 Å². The van der Waals surface area contributed by atoms with Crippen LogP contribution in [0.25, 0.3) is 0 Å². The summed E-state index contributed by atoms with van der Waals surface area (Å²) in [6.45, 7) is 19.1. The second-order valence-electron chi connectivity index (χ2n) is 6.59. The van der Waals surface area contributed by atoms with Crippen molar-refractivity contribution in [3.05, 3.63) is 0 Å². The Morgan fingerprint density at radius 3 is 2.21 bits per heavy atom. The number of nitrogens with zero attached hydrogens (tertiary/aromatic N) is 2. The van der Waals surface area contributed by atoms with Crippen LogP contribution in [0, 0.1) is 11.8 Å². The third-order valence-electron chi connectivity index (χ3n) is 4.56. The van der Waals surface area contributed by atoms with E-state index in [1.54, 1.807) is 0 Å². The molecular formula is C15H34N4. The van der Waals surface area contributed by atoms with Gasteiger partial charge in [0.05, 0.1) is 13.3 Å². The van der Waals surface area contributed by atoms with E-state index in [9.17, 15) is 0 Å². The molecule has 114 valence electrons. The molecule has 0 aromatic rings. The lowest BCUT2D eigenvalue weighted by Crippen LogP contribution is -2.68. The van der Waals surface area contributed by atoms with Crippen molar-refractivity contribution in [2.45, 2.75) is 66.8 Å². The van der Waals surface area contributed by atoms with Gasteiger partial charge in [-0.3, -0.25) is 20.4 Å². The molecule has 1 rings (SSSR count). The first-order valence-corrected chi connectivity index (χ1v) is 7.84. The van der Waals surface area contributed by atoms with E-state index in [0.29, 0.717) is 23.9 Å². The number of rotatable bonds is 6. The summed E-state index contributed by atoms with van der Waals surface area (Å²) in [7, 11) is 0. The zero-order valence-electron chi connectivity index (χ0n) is 13.9. The van der Waals surface area contributed by atoms with Gasteiger partial charge in [0.25, 0.3) is 0 Å². The fourth-order valence-electron chi connectivity index (χ4n) is 2.25. The fourth-order valence-corrected chi connectivity index (χ4v) is 2.25. The minimum absolute atomic E-state index is 0.289. The Hall–Kier alpha value is -0.160. The van der Waals surface area contributed by atoms with Crippen molar-refractivity contribution >= 4 is 0 Å². The van der Waals surface area contributed by atoms with E-state index in [-0.39, 0.29) is 6.29 Å². The van der Waals surface area contributed by atoms with Crippen LogP contribution in [0.3, 0.4) is 0 Å². The Kier molecular flexibility index (Phi) is 6.74. The van der Waals surface area contributed by atoms with Crippen molar-refractivity contribution in [3.8, 4) is 0 Å². The molecule has 0 aliphatic carbocycles. The summed E-state index contributed by atoms with van der Waals surface area (Å²) < 4.78 is 0. The number of hydrogen-bond donors (Lipinski definition) is 2. The second kappa shape index (κ2) is 7.58. The maximum Gasteiger partial charge on any atom is 0.116 e. The summed E-state index contributed by atoms with van der Waals surface area (Å²) in [5.41, 5.74) is 0. The van der Waals surface area contributed by atoms with Gasteiger partial charge in [0, 0.05) is 12.1 Å². The van der Waals surface area contributed by atoms with E-state index in [0.717, 1.165) is 19.9 Å². The zero-order valence-corrected chi connectivity index (χ0v) is 13.9. The topological polar surface area (TPSA) is 30.5 Å². The minimum Gasteiger partial charge on any atom is -0.287 e. The molecule has 3 atom stereocenters. The molecule has 2 N–H and O–H groups in total. The van der Waals surface area contributed by atoms with Crippen LogP contribution in [0.4, 0.5) is 0 Å². The average Bonchev–Trinajstić information content (AvgIpc) is 2.37. The Balaban J connectivity index is 2.70. The normalized spacial score (nSPS) is 26.1. The molecule has 1 saturated heterocycles.